The minimum atomic E-state index is -0.410. The Hall–Kier alpha value is -2.68. The topological polar surface area (TPSA) is 38.7 Å². The maximum Gasteiger partial charge on any atom is 0.368 e. The van der Waals surface area contributed by atoms with Gasteiger partial charge in [0.1, 0.15) is 5.71 Å². The summed E-state index contributed by atoms with van der Waals surface area (Å²) in [5, 5.41) is 3.91. The van der Waals surface area contributed by atoms with Crippen molar-refractivity contribution < 1.29 is 9.63 Å². The lowest BCUT2D eigenvalue weighted by atomic mass is 9.98. The lowest BCUT2D eigenvalue weighted by molar-refractivity contribution is -0.136. The quantitative estimate of drug-likeness (QED) is 0.629. The summed E-state index contributed by atoms with van der Waals surface area (Å²) in [4.78, 5) is 16.8. The Morgan fingerprint density at radius 2 is 1.68 bits per heavy atom. The molecule has 0 bridgehead atoms. The fourth-order valence-corrected chi connectivity index (χ4v) is 2.36. The van der Waals surface area contributed by atoms with E-state index in [1.165, 1.54) is 5.56 Å². The zero-order chi connectivity index (χ0) is 15.5. The van der Waals surface area contributed by atoms with Crippen molar-refractivity contribution in [3.8, 4) is 0 Å². The van der Waals surface area contributed by atoms with Crippen molar-refractivity contribution in [1.29, 1.82) is 0 Å². The molecule has 0 spiro atoms. The number of carbonyl (C=O) groups excluding carboxylic acids is 1. The van der Waals surface area contributed by atoms with Gasteiger partial charge in [-0.3, -0.25) is 0 Å². The van der Waals surface area contributed by atoms with Crippen LogP contribution in [0.15, 0.2) is 65.3 Å². The lowest BCUT2D eigenvalue weighted by Gasteiger charge is -2.05. The van der Waals surface area contributed by atoms with Crippen LogP contribution in [0.25, 0.3) is 6.08 Å². The van der Waals surface area contributed by atoms with Gasteiger partial charge in [0.15, 0.2) is 0 Å². The predicted octanol–water partition coefficient (Wildman–Crippen LogP) is 4.15. The molecular formula is C19H17NO2. The van der Waals surface area contributed by atoms with E-state index in [2.05, 4.69) is 31.1 Å². The van der Waals surface area contributed by atoms with E-state index in [1.54, 1.807) is 0 Å². The van der Waals surface area contributed by atoms with E-state index in [1.807, 2.05) is 48.5 Å². The van der Waals surface area contributed by atoms with Crippen LogP contribution in [0.2, 0.25) is 0 Å². The van der Waals surface area contributed by atoms with E-state index < -0.39 is 5.97 Å². The van der Waals surface area contributed by atoms with Crippen molar-refractivity contribution in [2.75, 3.05) is 0 Å². The molecule has 2 aromatic carbocycles. The first-order valence-electron chi connectivity index (χ1n) is 7.32. The summed E-state index contributed by atoms with van der Waals surface area (Å²) in [5.74, 6) is 0.0754. The molecule has 0 aromatic heterocycles. The molecule has 0 unspecified atom stereocenters. The smallest absolute Gasteiger partial charge is 0.312 e. The number of hydrogen-bond acceptors (Lipinski definition) is 3. The average molecular weight is 291 g/mol. The second-order valence-electron chi connectivity index (χ2n) is 5.56. The molecule has 0 N–H and O–H groups in total. The molecule has 0 saturated carbocycles. The normalized spacial score (nSPS) is 16.0. The third-order valence-electron chi connectivity index (χ3n) is 3.66. The van der Waals surface area contributed by atoms with Gasteiger partial charge in [-0.1, -0.05) is 73.6 Å². The molecule has 110 valence electrons. The third-order valence-corrected chi connectivity index (χ3v) is 3.66. The Morgan fingerprint density at radius 3 is 2.32 bits per heavy atom. The van der Waals surface area contributed by atoms with Crippen molar-refractivity contribution in [3.63, 3.8) is 0 Å². The molecule has 0 aliphatic carbocycles. The summed E-state index contributed by atoms with van der Waals surface area (Å²) in [5.41, 5.74) is 4.18. The second kappa shape index (κ2) is 5.98. The van der Waals surface area contributed by atoms with Gasteiger partial charge in [0.05, 0.1) is 5.57 Å². The average Bonchev–Trinajstić information content (AvgIpc) is 2.90. The molecule has 1 aliphatic heterocycles. The van der Waals surface area contributed by atoms with Gasteiger partial charge in [-0.05, 0) is 23.1 Å². The molecule has 2 aromatic rings. The molecule has 1 aliphatic rings. The first kappa shape index (κ1) is 14.3. The minimum absolute atomic E-state index is 0.410. The highest BCUT2D eigenvalue weighted by Gasteiger charge is 2.26. The SMILES string of the molecule is CC(C)c1ccc(C=C2C(=O)ON=C2c2ccccc2)cc1. The monoisotopic (exact) mass is 291 g/mol. The number of rotatable bonds is 3. The maximum absolute atomic E-state index is 11.9. The zero-order valence-corrected chi connectivity index (χ0v) is 12.6. The second-order valence-corrected chi connectivity index (χ2v) is 5.56. The Bertz CT molecular complexity index is 741. The summed E-state index contributed by atoms with van der Waals surface area (Å²) in [7, 11) is 0. The van der Waals surface area contributed by atoms with Crippen LogP contribution >= 0.6 is 0 Å². The summed E-state index contributed by atoms with van der Waals surface area (Å²) >= 11 is 0. The fraction of sp³-hybridized carbons (Fsp3) is 0.158. The summed E-state index contributed by atoms with van der Waals surface area (Å²) in [6.07, 6.45) is 1.82. The Morgan fingerprint density at radius 1 is 1.00 bits per heavy atom. The fourth-order valence-electron chi connectivity index (χ4n) is 2.36. The molecule has 0 fully saturated rings. The predicted molar refractivity (Wildman–Crippen MR) is 87.6 cm³/mol. The molecular weight excluding hydrogens is 274 g/mol. The summed E-state index contributed by atoms with van der Waals surface area (Å²) in [6, 6.07) is 17.8. The molecule has 0 atom stereocenters. The lowest BCUT2D eigenvalue weighted by Crippen LogP contribution is -2.06. The van der Waals surface area contributed by atoms with E-state index in [4.69, 9.17) is 4.84 Å². The van der Waals surface area contributed by atoms with Crippen molar-refractivity contribution >= 4 is 17.8 Å². The number of benzene rings is 2. The molecule has 22 heavy (non-hydrogen) atoms. The van der Waals surface area contributed by atoms with Crippen molar-refractivity contribution in [1.82, 2.24) is 0 Å². The van der Waals surface area contributed by atoms with Gasteiger partial charge in [0, 0.05) is 5.56 Å². The van der Waals surface area contributed by atoms with Crippen LogP contribution in [0.1, 0.15) is 36.5 Å². The van der Waals surface area contributed by atoms with Crippen LogP contribution in [-0.2, 0) is 9.63 Å². The summed E-state index contributed by atoms with van der Waals surface area (Å²) in [6.45, 7) is 4.31. The van der Waals surface area contributed by atoms with Crippen LogP contribution in [0.5, 0.6) is 0 Å². The Labute approximate surface area is 129 Å². The number of carbonyl (C=O) groups is 1. The maximum atomic E-state index is 11.9. The molecule has 0 radical (unpaired) electrons. The molecule has 3 nitrogen and oxygen atoms in total. The Balaban J connectivity index is 1.94. The van der Waals surface area contributed by atoms with E-state index in [0.29, 0.717) is 17.2 Å². The van der Waals surface area contributed by atoms with Crippen LogP contribution in [0, 0.1) is 0 Å². The third kappa shape index (κ3) is 2.84. The van der Waals surface area contributed by atoms with Crippen LogP contribution < -0.4 is 0 Å². The van der Waals surface area contributed by atoms with Gasteiger partial charge in [0.2, 0.25) is 0 Å². The number of nitrogens with zero attached hydrogens (tertiary/aromatic N) is 1. The molecule has 1 heterocycles. The van der Waals surface area contributed by atoms with E-state index >= 15 is 0 Å². The van der Waals surface area contributed by atoms with Crippen molar-refractivity contribution in [3.05, 3.63) is 76.9 Å². The number of oxime groups is 1. The van der Waals surface area contributed by atoms with Gasteiger partial charge in [-0.2, -0.15) is 0 Å². The molecule has 3 heteroatoms. The first-order valence-corrected chi connectivity index (χ1v) is 7.32. The van der Waals surface area contributed by atoms with Gasteiger partial charge < -0.3 is 4.84 Å². The highest BCUT2D eigenvalue weighted by atomic mass is 16.7. The van der Waals surface area contributed by atoms with Crippen LogP contribution in [0.3, 0.4) is 0 Å². The van der Waals surface area contributed by atoms with Crippen molar-refractivity contribution in [2.24, 2.45) is 5.16 Å². The van der Waals surface area contributed by atoms with Gasteiger partial charge in [0.25, 0.3) is 0 Å². The van der Waals surface area contributed by atoms with Gasteiger partial charge in [-0.25, -0.2) is 4.79 Å². The minimum Gasteiger partial charge on any atom is -0.312 e. The van der Waals surface area contributed by atoms with Crippen LogP contribution in [0.4, 0.5) is 0 Å². The van der Waals surface area contributed by atoms with Gasteiger partial charge in [-0.15, -0.1) is 0 Å². The molecule has 3 rings (SSSR count). The largest absolute Gasteiger partial charge is 0.368 e. The van der Waals surface area contributed by atoms with Crippen LogP contribution in [-0.4, -0.2) is 11.7 Å². The first-order chi connectivity index (χ1) is 10.6. The highest BCUT2D eigenvalue weighted by molar-refractivity contribution is 6.31. The summed E-state index contributed by atoms with van der Waals surface area (Å²) < 4.78 is 0. The molecule has 0 amide bonds. The zero-order valence-electron chi connectivity index (χ0n) is 12.6. The van der Waals surface area contributed by atoms with Gasteiger partial charge >= 0.3 is 5.97 Å². The van der Waals surface area contributed by atoms with E-state index in [9.17, 15) is 4.79 Å². The highest BCUT2D eigenvalue weighted by Crippen LogP contribution is 2.22. The van der Waals surface area contributed by atoms with Crippen molar-refractivity contribution in [2.45, 2.75) is 19.8 Å². The van der Waals surface area contributed by atoms with E-state index in [-0.39, 0.29) is 0 Å². The Kier molecular flexibility index (Phi) is 3.88. The standard InChI is InChI=1S/C19H17NO2/c1-13(2)15-10-8-14(9-11-15)12-17-18(20-22-19(17)21)16-6-4-3-5-7-16/h3-13H,1-2H3. The molecule has 0 saturated heterocycles. The van der Waals surface area contributed by atoms with E-state index in [0.717, 1.165) is 11.1 Å². The number of hydrogen-bond donors (Lipinski definition) is 0.